The van der Waals surface area contributed by atoms with Crippen molar-refractivity contribution in [2.75, 3.05) is 6.61 Å². The van der Waals surface area contributed by atoms with Gasteiger partial charge < -0.3 is 14.8 Å². The van der Waals surface area contributed by atoms with E-state index in [1.165, 1.54) is 42.4 Å². The number of nitrogens with one attached hydrogen (secondary N) is 1. The van der Waals surface area contributed by atoms with Crippen molar-refractivity contribution >= 4 is 0 Å². The minimum absolute atomic E-state index is 0.556. The molecule has 2 aromatic rings. The van der Waals surface area contributed by atoms with Crippen LogP contribution in [0.3, 0.4) is 0 Å². The van der Waals surface area contributed by atoms with Gasteiger partial charge in [-0.15, -0.1) is 0 Å². The summed E-state index contributed by atoms with van der Waals surface area (Å²) in [5, 5.41) is 3.68. The molecule has 0 saturated heterocycles. The Labute approximate surface area is 151 Å². The highest BCUT2D eigenvalue weighted by Gasteiger charge is 2.16. The fraction of sp³-hybridized carbons (Fsp3) is 0.455. The smallest absolute Gasteiger partial charge is 0.166 e. The first-order valence-corrected chi connectivity index (χ1v) is 9.42. The standard InChI is InChI=1S/C22H29NO2/c1-3-24-21-10-6-7-19(15-23-20-8-4-5-9-20)22(21)25-16-18-13-11-17(2)12-14-18/h6-7,10-14,20,23H,3-5,8-9,15-16H2,1-2H3. The van der Waals surface area contributed by atoms with E-state index in [0.29, 0.717) is 19.3 Å². The largest absolute Gasteiger partial charge is 0.490 e. The van der Waals surface area contributed by atoms with Crippen LogP contribution in [0.1, 0.15) is 49.3 Å². The van der Waals surface area contributed by atoms with Crippen molar-refractivity contribution in [1.82, 2.24) is 5.32 Å². The van der Waals surface area contributed by atoms with Crippen LogP contribution < -0.4 is 14.8 Å². The minimum atomic E-state index is 0.556. The van der Waals surface area contributed by atoms with Crippen LogP contribution in [0.2, 0.25) is 0 Å². The molecule has 25 heavy (non-hydrogen) atoms. The van der Waals surface area contributed by atoms with E-state index in [1.807, 2.05) is 13.0 Å². The van der Waals surface area contributed by atoms with Crippen LogP contribution in [0.4, 0.5) is 0 Å². The van der Waals surface area contributed by atoms with Crippen LogP contribution in [-0.2, 0) is 13.2 Å². The molecule has 3 nitrogen and oxygen atoms in total. The maximum absolute atomic E-state index is 6.20. The molecule has 1 N–H and O–H groups in total. The Morgan fingerprint density at radius 1 is 1.00 bits per heavy atom. The summed E-state index contributed by atoms with van der Waals surface area (Å²) in [5.41, 5.74) is 3.61. The predicted octanol–water partition coefficient (Wildman–Crippen LogP) is 5.00. The SMILES string of the molecule is CCOc1cccc(CNC2CCCC2)c1OCc1ccc(C)cc1. The molecule has 0 spiro atoms. The highest BCUT2D eigenvalue weighted by Crippen LogP contribution is 2.32. The Bertz CT molecular complexity index is 660. The van der Waals surface area contributed by atoms with Gasteiger partial charge in [0.25, 0.3) is 0 Å². The van der Waals surface area contributed by atoms with E-state index < -0.39 is 0 Å². The lowest BCUT2D eigenvalue weighted by Gasteiger charge is -2.18. The molecule has 134 valence electrons. The van der Waals surface area contributed by atoms with E-state index in [9.17, 15) is 0 Å². The molecule has 2 aromatic carbocycles. The molecule has 1 aliphatic carbocycles. The molecule has 1 fully saturated rings. The van der Waals surface area contributed by atoms with Crippen LogP contribution >= 0.6 is 0 Å². The van der Waals surface area contributed by atoms with Gasteiger partial charge in [0.15, 0.2) is 11.5 Å². The van der Waals surface area contributed by atoms with Crippen LogP contribution in [0, 0.1) is 6.92 Å². The van der Waals surface area contributed by atoms with Crippen molar-refractivity contribution in [3.63, 3.8) is 0 Å². The van der Waals surface area contributed by atoms with Crippen LogP contribution in [0.5, 0.6) is 11.5 Å². The lowest BCUT2D eigenvalue weighted by molar-refractivity contribution is 0.265. The van der Waals surface area contributed by atoms with Gasteiger partial charge >= 0.3 is 0 Å². The Morgan fingerprint density at radius 3 is 2.48 bits per heavy atom. The third kappa shape index (κ3) is 4.99. The van der Waals surface area contributed by atoms with Gasteiger partial charge in [-0.05, 0) is 38.3 Å². The second-order valence-electron chi connectivity index (χ2n) is 6.81. The van der Waals surface area contributed by atoms with Gasteiger partial charge in [-0.3, -0.25) is 0 Å². The maximum Gasteiger partial charge on any atom is 0.166 e. The zero-order chi connectivity index (χ0) is 17.5. The normalized spacial score (nSPS) is 14.6. The first-order chi connectivity index (χ1) is 12.3. The monoisotopic (exact) mass is 339 g/mol. The van der Waals surface area contributed by atoms with Crippen molar-refractivity contribution in [2.24, 2.45) is 0 Å². The maximum atomic E-state index is 6.20. The molecule has 0 aromatic heterocycles. The number of ether oxygens (including phenoxy) is 2. The fourth-order valence-electron chi connectivity index (χ4n) is 3.36. The van der Waals surface area contributed by atoms with Crippen molar-refractivity contribution in [3.05, 3.63) is 59.2 Å². The van der Waals surface area contributed by atoms with Gasteiger partial charge in [-0.1, -0.05) is 54.8 Å². The molecule has 3 heteroatoms. The molecule has 0 radical (unpaired) electrons. The van der Waals surface area contributed by atoms with Crippen molar-refractivity contribution in [3.8, 4) is 11.5 Å². The van der Waals surface area contributed by atoms with E-state index in [-0.39, 0.29) is 0 Å². The van der Waals surface area contributed by atoms with E-state index in [2.05, 4.69) is 48.6 Å². The molecule has 0 amide bonds. The fourth-order valence-corrected chi connectivity index (χ4v) is 3.36. The zero-order valence-corrected chi connectivity index (χ0v) is 15.4. The van der Waals surface area contributed by atoms with Gasteiger partial charge in [-0.2, -0.15) is 0 Å². The average Bonchev–Trinajstić information content (AvgIpc) is 3.14. The quantitative estimate of drug-likeness (QED) is 0.734. The van der Waals surface area contributed by atoms with Crippen LogP contribution in [0.25, 0.3) is 0 Å². The molecule has 1 aliphatic rings. The number of benzene rings is 2. The summed E-state index contributed by atoms with van der Waals surface area (Å²) in [7, 11) is 0. The molecular weight excluding hydrogens is 310 g/mol. The summed E-state index contributed by atoms with van der Waals surface area (Å²) in [4.78, 5) is 0. The number of hydrogen-bond acceptors (Lipinski definition) is 3. The highest BCUT2D eigenvalue weighted by atomic mass is 16.5. The van der Waals surface area contributed by atoms with Gasteiger partial charge in [0.1, 0.15) is 6.61 Å². The highest BCUT2D eigenvalue weighted by molar-refractivity contribution is 5.47. The van der Waals surface area contributed by atoms with Gasteiger partial charge in [0, 0.05) is 18.2 Å². The molecule has 0 atom stereocenters. The molecule has 0 unspecified atom stereocenters. The Hall–Kier alpha value is -2.00. The van der Waals surface area contributed by atoms with E-state index in [1.54, 1.807) is 0 Å². The topological polar surface area (TPSA) is 30.5 Å². The lowest BCUT2D eigenvalue weighted by atomic mass is 10.1. The minimum Gasteiger partial charge on any atom is -0.490 e. The third-order valence-electron chi connectivity index (χ3n) is 4.80. The van der Waals surface area contributed by atoms with E-state index >= 15 is 0 Å². The number of para-hydroxylation sites is 1. The first-order valence-electron chi connectivity index (χ1n) is 9.42. The lowest BCUT2D eigenvalue weighted by Crippen LogP contribution is -2.25. The van der Waals surface area contributed by atoms with Crippen molar-refractivity contribution in [2.45, 2.75) is 58.7 Å². The second-order valence-corrected chi connectivity index (χ2v) is 6.81. The van der Waals surface area contributed by atoms with Gasteiger partial charge in [0.2, 0.25) is 0 Å². The molecular formula is C22H29NO2. The summed E-state index contributed by atoms with van der Waals surface area (Å²) in [5.74, 6) is 1.70. The molecule has 0 aliphatic heterocycles. The van der Waals surface area contributed by atoms with Crippen LogP contribution in [0.15, 0.2) is 42.5 Å². The summed E-state index contributed by atoms with van der Waals surface area (Å²) in [6, 6.07) is 15.3. The average molecular weight is 339 g/mol. The first kappa shape index (κ1) is 17.8. The summed E-state index contributed by atoms with van der Waals surface area (Å²) in [6.07, 6.45) is 5.25. The Kier molecular flexibility index (Phi) is 6.35. The van der Waals surface area contributed by atoms with Crippen LogP contribution in [-0.4, -0.2) is 12.6 Å². The summed E-state index contributed by atoms with van der Waals surface area (Å²) in [6.45, 7) is 6.13. The van der Waals surface area contributed by atoms with E-state index in [4.69, 9.17) is 9.47 Å². The molecule has 1 saturated carbocycles. The predicted molar refractivity (Wildman–Crippen MR) is 102 cm³/mol. The Morgan fingerprint density at radius 2 is 1.76 bits per heavy atom. The van der Waals surface area contributed by atoms with Gasteiger partial charge in [-0.25, -0.2) is 0 Å². The van der Waals surface area contributed by atoms with E-state index in [0.717, 1.165) is 18.0 Å². The molecule has 3 rings (SSSR count). The Balaban J connectivity index is 1.72. The van der Waals surface area contributed by atoms with Gasteiger partial charge in [0.05, 0.1) is 6.61 Å². The third-order valence-corrected chi connectivity index (χ3v) is 4.80. The number of hydrogen-bond donors (Lipinski definition) is 1. The second kappa shape index (κ2) is 8.91. The zero-order valence-electron chi connectivity index (χ0n) is 15.4. The summed E-state index contributed by atoms with van der Waals surface area (Å²) >= 11 is 0. The number of aryl methyl sites for hydroxylation is 1. The molecule has 0 heterocycles. The molecule has 0 bridgehead atoms. The summed E-state index contributed by atoms with van der Waals surface area (Å²) < 4.78 is 12.0. The van der Waals surface area contributed by atoms with Crippen molar-refractivity contribution in [1.29, 1.82) is 0 Å². The number of rotatable bonds is 8. The van der Waals surface area contributed by atoms with Crippen molar-refractivity contribution < 1.29 is 9.47 Å².